The lowest BCUT2D eigenvalue weighted by Gasteiger charge is -2.23. The molecule has 1 N–H and O–H groups in total. The van der Waals surface area contributed by atoms with Crippen LogP contribution in [0, 0.1) is 0 Å². The van der Waals surface area contributed by atoms with E-state index in [1.54, 1.807) is 11.8 Å². The molecule has 2 heterocycles. The van der Waals surface area contributed by atoms with Crippen LogP contribution in [-0.2, 0) is 6.54 Å². The number of hydrogen-bond acceptors (Lipinski definition) is 5. The molecule has 1 atom stereocenters. The van der Waals surface area contributed by atoms with Crippen molar-refractivity contribution < 1.29 is 9.47 Å². The predicted molar refractivity (Wildman–Crippen MR) is 91.0 cm³/mol. The fraction of sp³-hybridized carbons (Fsp3) is 0.625. The van der Waals surface area contributed by atoms with Crippen LogP contribution in [0.5, 0.6) is 11.5 Å². The lowest BCUT2D eigenvalue weighted by atomic mass is 10.1. The van der Waals surface area contributed by atoms with Crippen LogP contribution in [-0.4, -0.2) is 37.0 Å². The lowest BCUT2D eigenvalue weighted by Crippen LogP contribution is -2.26. The molecule has 5 heteroatoms. The largest absolute Gasteiger partial charge is 0.486 e. The van der Waals surface area contributed by atoms with Gasteiger partial charge in [-0.2, -0.15) is 11.8 Å². The number of hydrogen-bond donors (Lipinski definition) is 1. The first-order valence-corrected chi connectivity index (χ1v) is 9.93. The molecule has 0 saturated carbocycles. The first kappa shape index (κ1) is 15.4. The number of thioether (sulfide) groups is 2. The second-order valence-corrected chi connectivity index (χ2v) is 7.68. The Bertz CT molecular complexity index is 476. The van der Waals surface area contributed by atoms with E-state index in [4.69, 9.17) is 9.47 Å². The maximum Gasteiger partial charge on any atom is 0.162 e. The van der Waals surface area contributed by atoms with Crippen molar-refractivity contribution in [1.29, 1.82) is 0 Å². The summed E-state index contributed by atoms with van der Waals surface area (Å²) in [6, 6.07) is 4.26. The molecule has 0 aromatic heterocycles. The van der Waals surface area contributed by atoms with Crippen LogP contribution < -0.4 is 14.8 Å². The van der Waals surface area contributed by atoms with Gasteiger partial charge in [0, 0.05) is 23.2 Å². The fourth-order valence-electron chi connectivity index (χ4n) is 2.78. The molecule has 0 amide bonds. The zero-order chi connectivity index (χ0) is 14.5. The summed E-state index contributed by atoms with van der Waals surface area (Å²) in [7, 11) is 0. The van der Waals surface area contributed by atoms with Crippen molar-refractivity contribution in [1.82, 2.24) is 5.32 Å². The molecule has 1 saturated heterocycles. The highest BCUT2D eigenvalue weighted by molar-refractivity contribution is 8.00. The Hall–Kier alpha value is -0.520. The molecule has 1 aromatic carbocycles. The van der Waals surface area contributed by atoms with Crippen molar-refractivity contribution in [2.24, 2.45) is 0 Å². The van der Waals surface area contributed by atoms with E-state index < -0.39 is 0 Å². The second-order valence-electron chi connectivity index (χ2n) is 5.43. The van der Waals surface area contributed by atoms with Gasteiger partial charge in [-0.1, -0.05) is 6.42 Å². The topological polar surface area (TPSA) is 30.5 Å². The fourth-order valence-corrected chi connectivity index (χ4v) is 4.67. The minimum absolute atomic E-state index is 0.650. The Morgan fingerprint density at radius 3 is 2.76 bits per heavy atom. The van der Waals surface area contributed by atoms with Gasteiger partial charge < -0.3 is 14.8 Å². The van der Waals surface area contributed by atoms with Gasteiger partial charge in [0.1, 0.15) is 13.2 Å². The first-order chi connectivity index (χ1) is 10.4. The van der Waals surface area contributed by atoms with Gasteiger partial charge in [-0.3, -0.25) is 0 Å². The van der Waals surface area contributed by atoms with Gasteiger partial charge in [-0.25, -0.2) is 0 Å². The minimum Gasteiger partial charge on any atom is -0.486 e. The normalized spacial score (nSPS) is 21.3. The van der Waals surface area contributed by atoms with Crippen LogP contribution in [0.1, 0.15) is 24.8 Å². The van der Waals surface area contributed by atoms with Crippen molar-refractivity contribution in [2.45, 2.75) is 36.0 Å². The molecular formula is C16H23NO2S2. The van der Waals surface area contributed by atoms with Crippen molar-refractivity contribution in [2.75, 3.05) is 31.8 Å². The summed E-state index contributed by atoms with van der Waals surface area (Å²) in [4.78, 5) is 1.28. The van der Waals surface area contributed by atoms with E-state index in [-0.39, 0.29) is 0 Å². The molecule has 2 aliphatic rings. The first-order valence-electron chi connectivity index (χ1n) is 7.65. The number of rotatable bonds is 5. The summed E-state index contributed by atoms with van der Waals surface area (Å²) < 4.78 is 11.4. The van der Waals surface area contributed by atoms with Crippen LogP contribution in [0.2, 0.25) is 0 Å². The SMILES string of the molecule is CSc1cc2c(cc1CNCC1CCCCS1)OCCO2. The average molecular weight is 325 g/mol. The molecule has 0 spiro atoms. The van der Waals surface area contributed by atoms with E-state index in [0.717, 1.165) is 29.8 Å². The maximum atomic E-state index is 5.69. The maximum absolute atomic E-state index is 5.69. The Balaban J connectivity index is 1.61. The molecule has 1 fully saturated rings. The average Bonchev–Trinajstić information content (AvgIpc) is 2.55. The van der Waals surface area contributed by atoms with Crippen LogP contribution >= 0.6 is 23.5 Å². The third kappa shape index (κ3) is 4.02. The van der Waals surface area contributed by atoms with Crippen LogP contribution in [0.3, 0.4) is 0 Å². The van der Waals surface area contributed by atoms with Gasteiger partial charge in [0.25, 0.3) is 0 Å². The van der Waals surface area contributed by atoms with Crippen molar-refractivity contribution in [3.63, 3.8) is 0 Å². The van der Waals surface area contributed by atoms with Gasteiger partial charge in [0.2, 0.25) is 0 Å². The van der Waals surface area contributed by atoms with Crippen molar-refractivity contribution in [3.8, 4) is 11.5 Å². The van der Waals surface area contributed by atoms with Gasteiger partial charge in [0.15, 0.2) is 11.5 Å². The molecule has 3 rings (SSSR count). The third-order valence-corrected chi connectivity index (χ3v) is 6.12. The van der Waals surface area contributed by atoms with Crippen LogP contribution in [0.15, 0.2) is 17.0 Å². The van der Waals surface area contributed by atoms with Crippen molar-refractivity contribution in [3.05, 3.63) is 17.7 Å². The summed E-state index contributed by atoms with van der Waals surface area (Å²) in [5.41, 5.74) is 1.31. The molecule has 0 bridgehead atoms. The molecular weight excluding hydrogens is 302 g/mol. The monoisotopic (exact) mass is 325 g/mol. The molecule has 0 aliphatic carbocycles. The summed E-state index contributed by atoms with van der Waals surface area (Å²) in [5, 5.41) is 4.41. The molecule has 1 unspecified atom stereocenters. The highest BCUT2D eigenvalue weighted by Gasteiger charge is 2.17. The molecule has 21 heavy (non-hydrogen) atoms. The zero-order valence-corrected chi connectivity index (χ0v) is 14.2. The van der Waals surface area contributed by atoms with E-state index in [1.807, 2.05) is 0 Å². The third-order valence-electron chi connectivity index (χ3n) is 3.91. The summed E-state index contributed by atoms with van der Waals surface area (Å²) in [5.74, 6) is 3.10. The smallest absolute Gasteiger partial charge is 0.162 e. The quantitative estimate of drug-likeness (QED) is 0.837. The Morgan fingerprint density at radius 2 is 2.05 bits per heavy atom. The summed E-state index contributed by atoms with van der Waals surface area (Å²) in [6.07, 6.45) is 6.25. The molecule has 1 aromatic rings. The summed E-state index contributed by atoms with van der Waals surface area (Å²) in [6.45, 7) is 3.31. The molecule has 2 aliphatic heterocycles. The van der Waals surface area contributed by atoms with Crippen LogP contribution in [0.4, 0.5) is 0 Å². The van der Waals surface area contributed by atoms with E-state index in [0.29, 0.717) is 13.2 Å². The Morgan fingerprint density at radius 1 is 1.24 bits per heavy atom. The molecule has 0 radical (unpaired) electrons. The second kappa shape index (κ2) is 7.65. The van der Waals surface area contributed by atoms with Gasteiger partial charge in [-0.05, 0) is 42.5 Å². The van der Waals surface area contributed by atoms with E-state index in [9.17, 15) is 0 Å². The molecule has 116 valence electrons. The van der Waals surface area contributed by atoms with Crippen LogP contribution in [0.25, 0.3) is 0 Å². The van der Waals surface area contributed by atoms with Gasteiger partial charge in [-0.15, -0.1) is 11.8 Å². The van der Waals surface area contributed by atoms with E-state index in [1.165, 1.54) is 35.5 Å². The molecule has 3 nitrogen and oxygen atoms in total. The standard InChI is InChI=1S/C16H23NO2S2/c1-20-16-9-15-14(18-5-6-19-15)8-12(16)10-17-11-13-4-2-3-7-21-13/h8-9,13,17H,2-7,10-11H2,1H3. The van der Waals surface area contributed by atoms with Gasteiger partial charge in [0.05, 0.1) is 0 Å². The highest BCUT2D eigenvalue weighted by Crippen LogP contribution is 2.36. The zero-order valence-electron chi connectivity index (χ0n) is 12.5. The predicted octanol–water partition coefficient (Wildman–Crippen LogP) is 3.56. The van der Waals surface area contributed by atoms with E-state index >= 15 is 0 Å². The summed E-state index contributed by atoms with van der Waals surface area (Å²) >= 11 is 3.89. The lowest BCUT2D eigenvalue weighted by molar-refractivity contribution is 0.171. The number of ether oxygens (including phenoxy) is 2. The number of nitrogens with one attached hydrogen (secondary N) is 1. The number of fused-ring (bicyclic) bond motifs is 1. The highest BCUT2D eigenvalue weighted by atomic mass is 32.2. The Kier molecular flexibility index (Phi) is 5.61. The van der Waals surface area contributed by atoms with Gasteiger partial charge >= 0.3 is 0 Å². The van der Waals surface area contributed by atoms with E-state index in [2.05, 4.69) is 35.5 Å². The Labute approximate surface area is 135 Å². The van der Waals surface area contributed by atoms with Crippen molar-refractivity contribution >= 4 is 23.5 Å². The number of benzene rings is 1. The minimum atomic E-state index is 0.650.